The number of benzene rings is 1. The van der Waals surface area contributed by atoms with Crippen LogP contribution in [0.25, 0.3) is 0 Å². The summed E-state index contributed by atoms with van der Waals surface area (Å²) >= 11 is 14.1. The fourth-order valence-electron chi connectivity index (χ4n) is 6.17. The lowest BCUT2D eigenvalue weighted by molar-refractivity contribution is -0.297. The number of hydrogen-bond donors (Lipinski definition) is 0. The third kappa shape index (κ3) is 4.34. The molecule has 7 heteroatoms. The Hall–Kier alpha value is -0.720. The number of rotatable bonds is 9. The molecule has 1 heterocycles. The molecular weight excluding hydrogens is 487 g/mol. The number of nitrogens with zero attached hydrogens (tertiary/aromatic N) is 2. The molecule has 3 atom stereocenters. The van der Waals surface area contributed by atoms with Crippen molar-refractivity contribution in [1.29, 1.82) is 0 Å². The minimum atomic E-state index is -0.505. The average Bonchev–Trinajstić information content (AvgIpc) is 3.22. The molecule has 0 spiro atoms. The van der Waals surface area contributed by atoms with Crippen LogP contribution in [0.5, 0.6) is 0 Å². The van der Waals surface area contributed by atoms with Crippen molar-refractivity contribution in [3.8, 4) is 0 Å². The summed E-state index contributed by atoms with van der Waals surface area (Å²) < 4.78 is 15.3. The number of aromatic nitrogens is 2. The zero-order chi connectivity index (χ0) is 24.9. The van der Waals surface area contributed by atoms with Gasteiger partial charge in [-0.25, -0.2) is 4.98 Å². The number of ether oxygens (including phenoxy) is 2. The summed E-state index contributed by atoms with van der Waals surface area (Å²) in [7, 11) is 2.09. The minimum absolute atomic E-state index is 0.0261. The topological polar surface area (TPSA) is 36.3 Å². The van der Waals surface area contributed by atoms with Crippen molar-refractivity contribution >= 4 is 35.0 Å². The Morgan fingerprint density at radius 1 is 1.15 bits per heavy atom. The van der Waals surface area contributed by atoms with E-state index in [-0.39, 0.29) is 10.8 Å². The zero-order valence-corrected chi connectivity index (χ0v) is 23.8. The number of imidazole rings is 1. The average molecular weight is 526 g/mol. The van der Waals surface area contributed by atoms with Gasteiger partial charge in [0, 0.05) is 46.9 Å². The summed E-state index contributed by atoms with van der Waals surface area (Å²) in [6.45, 7) is 14.9. The Morgan fingerprint density at radius 3 is 2.35 bits per heavy atom. The van der Waals surface area contributed by atoms with Crippen molar-refractivity contribution in [2.24, 2.45) is 23.8 Å². The van der Waals surface area contributed by atoms with E-state index in [4.69, 9.17) is 37.7 Å². The molecule has 1 aromatic carbocycles. The highest BCUT2D eigenvalue weighted by atomic mass is 35.5. The minimum Gasteiger partial charge on any atom is -0.350 e. The van der Waals surface area contributed by atoms with Gasteiger partial charge in [-0.2, -0.15) is 0 Å². The van der Waals surface area contributed by atoms with Crippen LogP contribution in [0.3, 0.4) is 0 Å². The smallest absolute Gasteiger partial charge is 0.174 e. The van der Waals surface area contributed by atoms with E-state index in [0.29, 0.717) is 35.1 Å². The first-order valence-corrected chi connectivity index (χ1v) is 14.0. The lowest BCUT2D eigenvalue weighted by Crippen LogP contribution is -2.51. The quantitative estimate of drug-likeness (QED) is 0.310. The molecule has 1 aromatic heterocycles. The highest BCUT2D eigenvalue weighted by Gasteiger charge is 2.70. The molecule has 0 N–H and O–H groups in total. The molecule has 0 amide bonds. The molecule has 2 saturated carbocycles. The predicted molar refractivity (Wildman–Crippen MR) is 141 cm³/mol. The maximum atomic E-state index is 6.70. The summed E-state index contributed by atoms with van der Waals surface area (Å²) in [5, 5.41) is 2.40. The van der Waals surface area contributed by atoms with Crippen LogP contribution in [-0.4, -0.2) is 28.6 Å². The highest BCUT2D eigenvalue weighted by Crippen LogP contribution is 2.71. The van der Waals surface area contributed by atoms with Crippen molar-refractivity contribution in [1.82, 2.24) is 9.55 Å². The molecular formula is C27H38Cl2N2O2S. The lowest BCUT2D eigenvalue weighted by atomic mass is 9.68. The van der Waals surface area contributed by atoms with E-state index in [2.05, 4.69) is 53.2 Å². The third-order valence-electron chi connectivity index (χ3n) is 8.59. The molecule has 2 aliphatic carbocycles. The van der Waals surface area contributed by atoms with Gasteiger partial charge in [-0.05, 0) is 55.2 Å². The van der Waals surface area contributed by atoms with Gasteiger partial charge in [0.05, 0.1) is 12.3 Å². The van der Waals surface area contributed by atoms with Gasteiger partial charge in [0.15, 0.2) is 5.79 Å². The van der Waals surface area contributed by atoms with Crippen LogP contribution < -0.4 is 0 Å². The number of hydrogen-bond acceptors (Lipinski definition) is 4. The van der Waals surface area contributed by atoms with Gasteiger partial charge < -0.3 is 14.0 Å². The van der Waals surface area contributed by atoms with Crippen LogP contribution >= 0.6 is 35.0 Å². The van der Waals surface area contributed by atoms with Crippen LogP contribution in [0.1, 0.15) is 78.2 Å². The molecule has 2 bridgehead atoms. The fourth-order valence-corrected chi connectivity index (χ4v) is 8.05. The van der Waals surface area contributed by atoms with Crippen LogP contribution in [-0.2, 0) is 22.9 Å². The Kier molecular flexibility index (Phi) is 7.46. The second-order valence-electron chi connectivity index (χ2n) is 10.9. The van der Waals surface area contributed by atoms with Gasteiger partial charge in [-0.1, -0.05) is 69.6 Å². The monoisotopic (exact) mass is 524 g/mol. The van der Waals surface area contributed by atoms with Crippen LogP contribution in [0.2, 0.25) is 10.0 Å². The first kappa shape index (κ1) is 26.3. The van der Waals surface area contributed by atoms with E-state index in [1.807, 2.05) is 12.1 Å². The van der Waals surface area contributed by atoms with Crippen molar-refractivity contribution < 1.29 is 9.47 Å². The summed E-state index contributed by atoms with van der Waals surface area (Å²) in [6.07, 6.45) is 4.16. The highest BCUT2D eigenvalue weighted by molar-refractivity contribution is 7.99. The van der Waals surface area contributed by atoms with Gasteiger partial charge in [-0.15, -0.1) is 0 Å². The van der Waals surface area contributed by atoms with E-state index >= 15 is 0 Å². The summed E-state index contributed by atoms with van der Waals surface area (Å²) in [5.74, 6) is 1.48. The van der Waals surface area contributed by atoms with E-state index in [0.717, 1.165) is 40.7 Å². The second kappa shape index (κ2) is 9.63. The second-order valence-corrected chi connectivity index (χ2v) is 12.9. The molecule has 2 aromatic rings. The summed E-state index contributed by atoms with van der Waals surface area (Å²) in [4.78, 5) is 6.04. The number of fused-ring (bicyclic) bond motifs is 2. The molecule has 4 rings (SSSR count). The Balaban J connectivity index is 1.54. The number of halogens is 2. The molecule has 0 radical (unpaired) electrons. The fraction of sp³-hybridized carbons (Fsp3) is 0.667. The van der Waals surface area contributed by atoms with Crippen molar-refractivity contribution in [2.45, 2.75) is 88.9 Å². The van der Waals surface area contributed by atoms with Gasteiger partial charge in [0.25, 0.3) is 0 Å². The van der Waals surface area contributed by atoms with E-state index in [9.17, 15) is 0 Å². The molecule has 0 saturated heterocycles. The normalized spacial score (nSPS) is 27.8. The molecule has 3 unspecified atom stereocenters. The van der Waals surface area contributed by atoms with E-state index in [1.54, 1.807) is 17.8 Å². The molecule has 2 aliphatic rings. The van der Waals surface area contributed by atoms with Crippen molar-refractivity contribution in [3.05, 3.63) is 39.8 Å². The summed E-state index contributed by atoms with van der Waals surface area (Å²) in [5.41, 5.74) is 1.34. The van der Waals surface area contributed by atoms with Crippen molar-refractivity contribution in [2.75, 3.05) is 13.2 Å². The Bertz CT molecular complexity index is 1030. The van der Waals surface area contributed by atoms with Crippen molar-refractivity contribution in [3.63, 3.8) is 0 Å². The lowest BCUT2D eigenvalue weighted by Gasteiger charge is -2.47. The molecule has 34 heavy (non-hydrogen) atoms. The largest absolute Gasteiger partial charge is 0.350 e. The standard InChI is InChI=1S/C27H38Cl2N2O2S/c1-8-32-27(16-18-9-11-26(27,6)25(18,4)5)33-12-10-22-30-23(17(2)3)24(31(22)7)34-21-14-19(28)13-20(29)15-21/h13-15,17-18H,8-12,16H2,1-7H3. The SMILES string of the molecule is CCOC1(OCCc2nc(C(C)C)c(Sc3cc(Cl)cc(Cl)c3)n2C)CC2CCC1(C)C2(C)C. The molecule has 188 valence electrons. The van der Waals surface area contributed by atoms with Gasteiger partial charge in [-0.3, -0.25) is 0 Å². The van der Waals surface area contributed by atoms with Gasteiger partial charge in [0.2, 0.25) is 0 Å². The van der Waals surface area contributed by atoms with Crippen LogP contribution in [0.4, 0.5) is 0 Å². The maximum absolute atomic E-state index is 6.70. The first-order valence-electron chi connectivity index (χ1n) is 12.4. The Morgan fingerprint density at radius 2 is 1.82 bits per heavy atom. The van der Waals surface area contributed by atoms with Crippen LogP contribution in [0, 0.1) is 16.7 Å². The maximum Gasteiger partial charge on any atom is 0.174 e. The molecule has 2 fully saturated rings. The van der Waals surface area contributed by atoms with Gasteiger partial charge >= 0.3 is 0 Å². The first-order chi connectivity index (χ1) is 15.9. The molecule has 4 nitrogen and oxygen atoms in total. The zero-order valence-electron chi connectivity index (χ0n) is 21.5. The third-order valence-corrected chi connectivity index (χ3v) is 10.2. The summed E-state index contributed by atoms with van der Waals surface area (Å²) in [6, 6.07) is 5.65. The van der Waals surface area contributed by atoms with E-state index < -0.39 is 5.79 Å². The van der Waals surface area contributed by atoms with Crippen LogP contribution in [0.15, 0.2) is 28.1 Å². The van der Waals surface area contributed by atoms with Gasteiger partial charge in [0.1, 0.15) is 10.9 Å². The molecule has 0 aliphatic heterocycles. The van der Waals surface area contributed by atoms with E-state index in [1.165, 1.54) is 6.42 Å². The predicted octanol–water partition coefficient (Wildman–Crippen LogP) is 8.14. The Labute approximate surface area is 219 Å².